The van der Waals surface area contributed by atoms with Crippen LogP contribution in [0.2, 0.25) is 0 Å². The lowest BCUT2D eigenvalue weighted by Gasteiger charge is -1.98. The summed E-state index contributed by atoms with van der Waals surface area (Å²) in [6.07, 6.45) is 1.46. The molecule has 1 unspecified atom stereocenters. The first-order chi connectivity index (χ1) is 4.77. The first-order valence-electron chi connectivity index (χ1n) is 3.29. The van der Waals surface area contributed by atoms with E-state index < -0.39 is 12.1 Å². The number of esters is 1. The standard InChI is InChI=1S/C6H7NO3/c8-5-4(3-1-2-3)7-6(9)10-5/h3-4H,1-2H2,(H,7,9). The van der Waals surface area contributed by atoms with E-state index in [1.54, 1.807) is 0 Å². The molecular formula is C6H7NO3. The van der Waals surface area contributed by atoms with Crippen LogP contribution >= 0.6 is 0 Å². The summed E-state index contributed by atoms with van der Waals surface area (Å²) in [6.45, 7) is 0. The summed E-state index contributed by atoms with van der Waals surface area (Å²) in [5, 5.41) is 2.45. The first kappa shape index (κ1) is 5.70. The molecule has 0 aromatic carbocycles. The molecule has 54 valence electrons. The van der Waals surface area contributed by atoms with Crippen LogP contribution in [0.25, 0.3) is 0 Å². The van der Waals surface area contributed by atoms with Crippen molar-refractivity contribution >= 4 is 12.1 Å². The van der Waals surface area contributed by atoms with E-state index >= 15 is 0 Å². The lowest BCUT2D eigenvalue weighted by atomic mass is 10.2. The molecule has 2 rings (SSSR count). The fourth-order valence-electron chi connectivity index (χ4n) is 1.11. The van der Waals surface area contributed by atoms with Crippen molar-refractivity contribution in [2.24, 2.45) is 5.92 Å². The molecule has 0 spiro atoms. The van der Waals surface area contributed by atoms with Crippen molar-refractivity contribution in [2.45, 2.75) is 18.9 Å². The van der Waals surface area contributed by atoms with Gasteiger partial charge in [0.1, 0.15) is 6.04 Å². The van der Waals surface area contributed by atoms with Crippen molar-refractivity contribution in [3.63, 3.8) is 0 Å². The van der Waals surface area contributed by atoms with E-state index in [0.29, 0.717) is 5.92 Å². The first-order valence-corrected chi connectivity index (χ1v) is 3.29. The summed E-state index contributed by atoms with van der Waals surface area (Å²) in [4.78, 5) is 21.2. The maximum absolute atomic E-state index is 10.8. The van der Waals surface area contributed by atoms with Crippen molar-refractivity contribution < 1.29 is 14.3 Å². The maximum Gasteiger partial charge on any atom is 0.415 e. The van der Waals surface area contributed by atoms with Crippen molar-refractivity contribution in [3.8, 4) is 0 Å². The Bertz CT molecular complexity index is 197. The second-order valence-corrected chi connectivity index (χ2v) is 2.67. The van der Waals surface area contributed by atoms with Gasteiger partial charge in [0, 0.05) is 0 Å². The minimum Gasteiger partial charge on any atom is -0.375 e. The molecular weight excluding hydrogens is 134 g/mol. The number of carbonyl (C=O) groups is 2. The van der Waals surface area contributed by atoms with Crippen LogP contribution in [0.15, 0.2) is 0 Å². The molecule has 0 radical (unpaired) electrons. The quantitative estimate of drug-likeness (QED) is 0.414. The number of amides is 1. The normalized spacial score (nSPS) is 31.8. The van der Waals surface area contributed by atoms with E-state index in [2.05, 4.69) is 10.1 Å². The highest BCUT2D eigenvalue weighted by atomic mass is 16.6. The maximum atomic E-state index is 10.8. The fourth-order valence-corrected chi connectivity index (χ4v) is 1.11. The van der Waals surface area contributed by atoms with Crippen molar-refractivity contribution in [1.29, 1.82) is 0 Å². The minimum atomic E-state index is -0.595. The largest absolute Gasteiger partial charge is 0.415 e. The summed E-state index contributed by atoms with van der Waals surface area (Å²) in [5.41, 5.74) is 0. The van der Waals surface area contributed by atoms with E-state index in [1.807, 2.05) is 0 Å². The molecule has 4 nitrogen and oxygen atoms in total. The Morgan fingerprint density at radius 1 is 1.40 bits per heavy atom. The number of rotatable bonds is 1. The molecule has 2 aliphatic rings. The Morgan fingerprint density at radius 3 is 2.50 bits per heavy atom. The molecule has 1 N–H and O–H groups in total. The van der Waals surface area contributed by atoms with E-state index in [4.69, 9.17) is 0 Å². The molecule has 4 heteroatoms. The molecule has 1 saturated carbocycles. The van der Waals surface area contributed by atoms with Crippen molar-refractivity contribution in [2.75, 3.05) is 0 Å². The molecule has 1 atom stereocenters. The van der Waals surface area contributed by atoms with Crippen LogP contribution in [0.1, 0.15) is 12.8 Å². The molecule has 0 aromatic heterocycles. The Hall–Kier alpha value is -1.06. The Kier molecular flexibility index (Phi) is 0.977. The van der Waals surface area contributed by atoms with Crippen LogP contribution in [0.5, 0.6) is 0 Å². The van der Waals surface area contributed by atoms with E-state index in [9.17, 15) is 9.59 Å². The predicted molar refractivity (Wildman–Crippen MR) is 31.1 cm³/mol. The van der Waals surface area contributed by atoms with Crippen LogP contribution < -0.4 is 5.32 Å². The Balaban J connectivity index is 2.08. The van der Waals surface area contributed by atoms with Crippen LogP contribution in [0.3, 0.4) is 0 Å². The van der Waals surface area contributed by atoms with Crippen LogP contribution in [0, 0.1) is 5.92 Å². The highest BCUT2D eigenvalue weighted by molar-refractivity contribution is 5.95. The van der Waals surface area contributed by atoms with E-state index in [1.165, 1.54) is 0 Å². The summed E-state index contributed by atoms with van der Waals surface area (Å²) in [6, 6.07) is -0.340. The van der Waals surface area contributed by atoms with Gasteiger partial charge in [-0.15, -0.1) is 0 Å². The number of ether oxygens (including phenoxy) is 1. The highest BCUT2D eigenvalue weighted by Crippen LogP contribution is 2.34. The molecule has 1 amide bonds. The highest BCUT2D eigenvalue weighted by Gasteiger charge is 2.43. The van der Waals surface area contributed by atoms with Crippen molar-refractivity contribution in [1.82, 2.24) is 5.32 Å². The fraction of sp³-hybridized carbons (Fsp3) is 0.667. The zero-order valence-electron chi connectivity index (χ0n) is 5.29. The lowest BCUT2D eigenvalue weighted by molar-refractivity contribution is -0.135. The average molecular weight is 141 g/mol. The van der Waals surface area contributed by atoms with Gasteiger partial charge in [0.2, 0.25) is 0 Å². The van der Waals surface area contributed by atoms with Crippen LogP contribution in [-0.2, 0) is 9.53 Å². The predicted octanol–water partition coefficient (Wildman–Crippen LogP) is 0.0314. The van der Waals surface area contributed by atoms with Gasteiger partial charge in [-0.3, -0.25) is 0 Å². The van der Waals surface area contributed by atoms with Gasteiger partial charge in [-0.2, -0.15) is 0 Å². The molecule has 1 aliphatic heterocycles. The van der Waals surface area contributed by atoms with Gasteiger partial charge >= 0.3 is 12.1 Å². The van der Waals surface area contributed by atoms with Gasteiger partial charge in [0.05, 0.1) is 0 Å². The molecule has 0 aromatic rings. The minimum absolute atomic E-state index is 0.340. The number of carbonyl (C=O) groups excluding carboxylic acids is 2. The van der Waals surface area contributed by atoms with Gasteiger partial charge in [0.25, 0.3) is 0 Å². The van der Waals surface area contributed by atoms with Crippen LogP contribution in [-0.4, -0.2) is 18.1 Å². The van der Waals surface area contributed by atoms with Crippen molar-refractivity contribution in [3.05, 3.63) is 0 Å². The molecule has 2 fully saturated rings. The third kappa shape index (κ3) is 0.761. The van der Waals surface area contributed by atoms with Gasteiger partial charge < -0.3 is 10.1 Å². The molecule has 1 aliphatic carbocycles. The van der Waals surface area contributed by atoms with E-state index in [0.717, 1.165) is 12.8 Å². The van der Waals surface area contributed by atoms with Gasteiger partial charge in [-0.1, -0.05) is 0 Å². The zero-order valence-corrected chi connectivity index (χ0v) is 5.29. The van der Waals surface area contributed by atoms with Gasteiger partial charge in [-0.25, -0.2) is 9.59 Å². The topological polar surface area (TPSA) is 55.4 Å². The smallest absolute Gasteiger partial charge is 0.375 e. The average Bonchev–Trinajstić information content (AvgIpc) is 2.61. The molecule has 0 bridgehead atoms. The Morgan fingerprint density at radius 2 is 2.10 bits per heavy atom. The third-order valence-electron chi connectivity index (χ3n) is 1.81. The summed E-state index contributed by atoms with van der Waals surface area (Å²) >= 11 is 0. The number of hydrogen-bond donors (Lipinski definition) is 1. The molecule has 1 saturated heterocycles. The second-order valence-electron chi connectivity index (χ2n) is 2.67. The number of hydrogen-bond acceptors (Lipinski definition) is 3. The monoisotopic (exact) mass is 141 g/mol. The lowest BCUT2D eigenvalue weighted by Crippen LogP contribution is -2.30. The summed E-state index contributed by atoms with van der Waals surface area (Å²) in [5.74, 6) is -0.0635. The zero-order chi connectivity index (χ0) is 7.14. The molecule has 1 heterocycles. The Labute approximate surface area is 57.5 Å². The number of alkyl carbamates (subject to hydrolysis) is 1. The van der Waals surface area contributed by atoms with Gasteiger partial charge in [-0.05, 0) is 18.8 Å². The summed E-state index contributed by atoms with van der Waals surface area (Å²) < 4.78 is 4.29. The number of cyclic esters (lactones) is 2. The number of nitrogens with one attached hydrogen (secondary N) is 1. The third-order valence-corrected chi connectivity index (χ3v) is 1.81. The summed E-state index contributed by atoms with van der Waals surface area (Å²) in [7, 11) is 0. The van der Waals surface area contributed by atoms with Gasteiger partial charge in [0.15, 0.2) is 0 Å². The molecule has 10 heavy (non-hydrogen) atoms. The second kappa shape index (κ2) is 1.71. The van der Waals surface area contributed by atoms with E-state index in [-0.39, 0.29) is 6.04 Å². The van der Waals surface area contributed by atoms with Crippen LogP contribution in [0.4, 0.5) is 4.79 Å². The SMILES string of the molecule is O=C1NC(C2CC2)C(=O)O1.